The Labute approximate surface area is 94.2 Å². The predicted octanol–water partition coefficient (Wildman–Crippen LogP) is -0.385. The molecular weight excluding hydrogens is 216 g/mol. The minimum atomic E-state index is -0.745. The summed E-state index contributed by atoms with van der Waals surface area (Å²) < 4.78 is 9.34. The summed E-state index contributed by atoms with van der Waals surface area (Å²) >= 11 is 0. The molecule has 2 N–H and O–H groups in total. The first-order chi connectivity index (χ1) is 7.41. The molecule has 0 radical (unpaired) electrons. The molecule has 94 valence electrons. The Hall–Kier alpha value is -1.14. The average molecular weight is 234 g/mol. The van der Waals surface area contributed by atoms with E-state index < -0.39 is 24.1 Å². The first-order valence-corrected chi connectivity index (χ1v) is 5.09. The smallest absolute Gasteiger partial charge is 0.308 e. The average Bonchev–Trinajstić information content (AvgIpc) is 2.10. The minimum Gasteiger partial charge on any atom is -0.462 e. The molecule has 0 saturated heterocycles. The van der Waals surface area contributed by atoms with Gasteiger partial charge in [0.2, 0.25) is 0 Å². The van der Waals surface area contributed by atoms with E-state index in [4.69, 9.17) is 10.2 Å². The maximum absolute atomic E-state index is 10.9. The Morgan fingerprint density at radius 3 is 1.50 bits per heavy atom. The lowest BCUT2D eigenvalue weighted by molar-refractivity contribution is -0.154. The summed E-state index contributed by atoms with van der Waals surface area (Å²) in [6.45, 7) is 2.86. The van der Waals surface area contributed by atoms with E-state index in [2.05, 4.69) is 9.47 Å². The lowest BCUT2D eigenvalue weighted by atomic mass is 10.3. The van der Waals surface area contributed by atoms with Crippen LogP contribution < -0.4 is 0 Å². The van der Waals surface area contributed by atoms with Gasteiger partial charge in [0.1, 0.15) is 13.2 Å². The topological polar surface area (TPSA) is 93.1 Å². The van der Waals surface area contributed by atoms with Crippen molar-refractivity contribution in [3.63, 3.8) is 0 Å². The molecule has 6 heteroatoms. The van der Waals surface area contributed by atoms with Crippen LogP contribution in [0.1, 0.15) is 26.7 Å². The van der Waals surface area contributed by atoms with Crippen molar-refractivity contribution >= 4 is 11.9 Å². The molecule has 0 aromatic heterocycles. The second-order valence-electron chi connectivity index (χ2n) is 3.55. The molecule has 0 amide bonds. The van der Waals surface area contributed by atoms with Crippen molar-refractivity contribution in [3.8, 4) is 0 Å². The zero-order valence-electron chi connectivity index (χ0n) is 9.51. The first-order valence-electron chi connectivity index (χ1n) is 5.09. The van der Waals surface area contributed by atoms with E-state index in [-0.39, 0.29) is 26.1 Å². The van der Waals surface area contributed by atoms with Gasteiger partial charge in [-0.2, -0.15) is 0 Å². The molecule has 0 aromatic carbocycles. The third-order valence-corrected chi connectivity index (χ3v) is 1.53. The van der Waals surface area contributed by atoms with Gasteiger partial charge < -0.3 is 19.7 Å². The molecule has 0 aliphatic carbocycles. The van der Waals surface area contributed by atoms with Gasteiger partial charge in [-0.3, -0.25) is 9.59 Å². The summed E-state index contributed by atoms with van der Waals surface area (Å²) in [5.41, 5.74) is 0. The van der Waals surface area contributed by atoms with Crippen LogP contribution in [-0.2, 0) is 19.1 Å². The van der Waals surface area contributed by atoms with E-state index >= 15 is 0 Å². The number of esters is 2. The number of aliphatic hydroxyl groups excluding tert-OH is 2. The van der Waals surface area contributed by atoms with Crippen LogP contribution in [0.4, 0.5) is 0 Å². The van der Waals surface area contributed by atoms with Crippen LogP contribution in [0.5, 0.6) is 0 Å². The Morgan fingerprint density at radius 2 is 1.25 bits per heavy atom. The molecule has 0 spiro atoms. The van der Waals surface area contributed by atoms with Gasteiger partial charge in [0.05, 0.1) is 25.0 Å². The second-order valence-corrected chi connectivity index (χ2v) is 3.55. The fourth-order valence-electron chi connectivity index (χ4n) is 0.911. The molecule has 0 heterocycles. The lowest BCUT2D eigenvalue weighted by Crippen LogP contribution is -2.18. The van der Waals surface area contributed by atoms with E-state index in [1.165, 1.54) is 13.8 Å². The molecule has 0 aliphatic heterocycles. The maximum atomic E-state index is 10.9. The largest absolute Gasteiger partial charge is 0.462 e. The first kappa shape index (κ1) is 14.9. The second kappa shape index (κ2) is 8.06. The molecule has 2 atom stereocenters. The minimum absolute atomic E-state index is 0.0445. The molecule has 6 nitrogen and oxygen atoms in total. The summed E-state index contributed by atoms with van der Waals surface area (Å²) in [5, 5.41) is 17.7. The van der Waals surface area contributed by atoms with Gasteiger partial charge in [-0.05, 0) is 13.8 Å². The molecule has 0 aromatic rings. The molecule has 0 unspecified atom stereocenters. The number of hydrogen-bond donors (Lipinski definition) is 2. The quantitative estimate of drug-likeness (QED) is 0.460. The predicted molar refractivity (Wildman–Crippen MR) is 54.5 cm³/mol. The van der Waals surface area contributed by atoms with Crippen molar-refractivity contribution in [1.82, 2.24) is 0 Å². The molecule has 0 fully saturated rings. The van der Waals surface area contributed by atoms with E-state index in [1.54, 1.807) is 0 Å². The number of hydrogen-bond acceptors (Lipinski definition) is 6. The zero-order chi connectivity index (χ0) is 12.6. The number of rotatable bonds is 7. The van der Waals surface area contributed by atoms with Crippen molar-refractivity contribution in [2.45, 2.75) is 38.9 Å². The fourth-order valence-corrected chi connectivity index (χ4v) is 0.911. The summed E-state index contributed by atoms with van der Waals surface area (Å²) in [6.07, 6.45) is -1.65. The molecule has 0 rings (SSSR count). The highest BCUT2D eigenvalue weighted by Gasteiger charge is 2.09. The molecule has 16 heavy (non-hydrogen) atoms. The number of carbonyl (C=O) groups is 2. The van der Waals surface area contributed by atoms with E-state index in [0.717, 1.165) is 0 Å². The van der Waals surface area contributed by atoms with Crippen molar-refractivity contribution in [3.05, 3.63) is 0 Å². The van der Waals surface area contributed by atoms with Crippen LogP contribution in [-0.4, -0.2) is 47.6 Å². The highest BCUT2D eigenvalue weighted by Crippen LogP contribution is 1.95. The van der Waals surface area contributed by atoms with Crippen LogP contribution in [0, 0.1) is 0 Å². The van der Waals surface area contributed by atoms with E-state index in [0.29, 0.717) is 0 Å². The van der Waals surface area contributed by atoms with Gasteiger partial charge in [-0.15, -0.1) is 0 Å². The summed E-state index contributed by atoms with van der Waals surface area (Å²) in [7, 11) is 0. The Kier molecular flexibility index (Phi) is 7.49. The van der Waals surface area contributed by atoms with Crippen molar-refractivity contribution < 1.29 is 29.3 Å². The van der Waals surface area contributed by atoms with Gasteiger partial charge in [0, 0.05) is 0 Å². The lowest BCUT2D eigenvalue weighted by Gasteiger charge is -2.08. The van der Waals surface area contributed by atoms with Crippen molar-refractivity contribution in [2.75, 3.05) is 13.2 Å². The third kappa shape index (κ3) is 9.42. The molecule has 0 aliphatic rings. The normalized spacial score (nSPS) is 14.0. The Bertz CT molecular complexity index is 199. The maximum Gasteiger partial charge on any atom is 0.308 e. The van der Waals surface area contributed by atoms with Crippen molar-refractivity contribution in [1.29, 1.82) is 0 Å². The number of ether oxygens (including phenoxy) is 2. The standard InChI is InChI=1S/C10H18O6/c1-7(11)5-9(13)15-3-4-16-10(14)6-8(2)12/h7-8,11-12H,3-6H2,1-2H3/t7-,8+. The van der Waals surface area contributed by atoms with Crippen LogP contribution in [0.15, 0.2) is 0 Å². The number of aliphatic hydroxyl groups is 2. The van der Waals surface area contributed by atoms with Gasteiger partial charge in [-0.25, -0.2) is 0 Å². The summed E-state index contributed by atoms with van der Waals surface area (Å²) in [5.74, 6) is -1.08. The Balaban J connectivity index is 3.46. The highest BCUT2D eigenvalue weighted by molar-refractivity contribution is 5.70. The SMILES string of the molecule is C[C@H](O)CC(=O)OCCOC(=O)C[C@@H](C)O. The molecular formula is C10H18O6. The third-order valence-electron chi connectivity index (χ3n) is 1.53. The van der Waals surface area contributed by atoms with Crippen LogP contribution in [0.3, 0.4) is 0 Å². The summed E-state index contributed by atoms with van der Waals surface area (Å²) in [4.78, 5) is 21.8. The highest BCUT2D eigenvalue weighted by atomic mass is 16.6. The van der Waals surface area contributed by atoms with Crippen LogP contribution >= 0.6 is 0 Å². The molecule has 0 bridgehead atoms. The fraction of sp³-hybridized carbons (Fsp3) is 0.800. The van der Waals surface area contributed by atoms with Crippen LogP contribution in [0.2, 0.25) is 0 Å². The Morgan fingerprint density at radius 1 is 0.938 bits per heavy atom. The van der Waals surface area contributed by atoms with E-state index in [9.17, 15) is 9.59 Å². The van der Waals surface area contributed by atoms with Gasteiger partial charge in [0.25, 0.3) is 0 Å². The zero-order valence-corrected chi connectivity index (χ0v) is 9.51. The monoisotopic (exact) mass is 234 g/mol. The van der Waals surface area contributed by atoms with E-state index in [1.807, 2.05) is 0 Å². The van der Waals surface area contributed by atoms with Gasteiger partial charge in [0.15, 0.2) is 0 Å². The molecule has 0 saturated carbocycles. The number of carbonyl (C=O) groups excluding carboxylic acids is 2. The van der Waals surface area contributed by atoms with Gasteiger partial charge in [-0.1, -0.05) is 0 Å². The summed E-state index contributed by atoms with van der Waals surface area (Å²) in [6, 6.07) is 0. The van der Waals surface area contributed by atoms with Gasteiger partial charge >= 0.3 is 11.9 Å². The van der Waals surface area contributed by atoms with Crippen molar-refractivity contribution in [2.24, 2.45) is 0 Å². The van der Waals surface area contributed by atoms with Crippen LogP contribution in [0.25, 0.3) is 0 Å².